The van der Waals surface area contributed by atoms with Gasteiger partial charge in [-0.2, -0.15) is 0 Å². The first-order valence-corrected chi connectivity index (χ1v) is 4.30. The Hall–Kier alpha value is -1.09. The second-order valence-electron chi connectivity index (χ2n) is 3.37. The van der Waals surface area contributed by atoms with Crippen LogP contribution in [0.25, 0.3) is 0 Å². The predicted octanol–water partition coefficient (Wildman–Crippen LogP) is 1.34. The van der Waals surface area contributed by atoms with Crippen LogP contribution in [0.15, 0.2) is 22.8 Å². The van der Waals surface area contributed by atoms with Crippen LogP contribution in [0.1, 0.15) is 12.7 Å². The number of Topliss-reactive ketones (excluding diaryl/α,β-unsaturated/α-hetero) is 1. The Morgan fingerprint density at radius 3 is 2.69 bits per heavy atom. The highest BCUT2D eigenvalue weighted by molar-refractivity contribution is 5.81. The molecule has 3 heteroatoms. The molecule has 0 aliphatic carbocycles. The molecule has 0 N–H and O–H groups in total. The number of hydrogen-bond donors (Lipinski definition) is 0. The molecule has 3 nitrogen and oxygen atoms in total. The SMILES string of the molecule is CC(=O)C(Cc1ccco1)N(C)C. The average molecular weight is 181 g/mol. The fourth-order valence-corrected chi connectivity index (χ4v) is 1.31. The molecule has 1 rings (SSSR count). The summed E-state index contributed by atoms with van der Waals surface area (Å²) in [7, 11) is 3.80. The van der Waals surface area contributed by atoms with Crippen LogP contribution in [0.5, 0.6) is 0 Å². The summed E-state index contributed by atoms with van der Waals surface area (Å²) >= 11 is 0. The molecule has 0 spiro atoms. The molecule has 1 aromatic rings. The van der Waals surface area contributed by atoms with E-state index in [2.05, 4.69) is 0 Å². The Labute approximate surface area is 78.3 Å². The molecule has 0 saturated carbocycles. The summed E-state index contributed by atoms with van der Waals surface area (Å²) in [5, 5.41) is 0. The molecular weight excluding hydrogens is 166 g/mol. The van der Waals surface area contributed by atoms with Crippen molar-refractivity contribution in [3.8, 4) is 0 Å². The van der Waals surface area contributed by atoms with Crippen LogP contribution in [0.3, 0.4) is 0 Å². The molecule has 0 aliphatic rings. The lowest BCUT2D eigenvalue weighted by molar-refractivity contribution is -0.121. The van der Waals surface area contributed by atoms with Crippen LogP contribution in [-0.4, -0.2) is 30.8 Å². The van der Waals surface area contributed by atoms with E-state index in [0.717, 1.165) is 5.76 Å². The van der Waals surface area contributed by atoms with Crippen LogP contribution < -0.4 is 0 Å². The minimum Gasteiger partial charge on any atom is -0.469 e. The third-order valence-corrected chi connectivity index (χ3v) is 2.07. The van der Waals surface area contributed by atoms with E-state index in [1.807, 2.05) is 31.1 Å². The quantitative estimate of drug-likeness (QED) is 0.702. The number of ketones is 1. The van der Waals surface area contributed by atoms with E-state index in [9.17, 15) is 4.79 Å². The van der Waals surface area contributed by atoms with Crippen molar-refractivity contribution in [3.05, 3.63) is 24.2 Å². The van der Waals surface area contributed by atoms with Gasteiger partial charge in [-0.3, -0.25) is 9.69 Å². The normalized spacial score (nSPS) is 13.2. The second kappa shape index (κ2) is 4.23. The molecule has 1 atom stereocenters. The maximum atomic E-state index is 11.2. The third kappa shape index (κ3) is 2.70. The van der Waals surface area contributed by atoms with Crippen molar-refractivity contribution >= 4 is 5.78 Å². The van der Waals surface area contributed by atoms with Crippen molar-refractivity contribution in [2.45, 2.75) is 19.4 Å². The van der Waals surface area contributed by atoms with Gasteiger partial charge in [0.05, 0.1) is 12.3 Å². The van der Waals surface area contributed by atoms with E-state index in [1.165, 1.54) is 0 Å². The summed E-state index contributed by atoms with van der Waals surface area (Å²) < 4.78 is 5.19. The van der Waals surface area contributed by atoms with Crippen molar-refractivity contribution in [1.82, 2.24) is 4.90 Å². The summed E-state index contributed by atoms with van der Waals surface area (Å²) in [6, 6.07) is 3.65. The Balaban J connectivity index is 2.63. The van der Waals surface area contributed by atoms with Gasteiger partial charge in [-0.25, -0.2) is 0 Å². The van der Waals surface area contributed by atoms with Crippen LogP contribution in [-0.2, 0) is 11.2 Å². The van der Waals surface area contributed by atoms with Crippen molar-refractivity contribution in [2.24, 2.45) is 0 Å². The number of rotatable bonds is 4. The second-order valence-corrected chi connectivity index (χ2v) is 3.37. The molecule has 72 valence electrons. The van der Waals surface area contributed by atoms with Crippen LogP contribution in [0.4, 0.5) is 0 Å². The van der Waals surface area contributed by atoms with Gasteiger partial charge >= 0.3 is 0 Å². The number of furan rings is 1. The molecule has 0 aromatic carbocycles. The number of carbonyl (C=O) groups is 1. The molecule has 0 amide bonds. The molecular formula is C10H15NO2. The first-order chi connectivity index (χ1) is 6.11. The molecule has 0 radical (unpaired) electrons. The van der Waals surface area contributed by atoms with Crippen LogP contribution >= 0.6 is 0 Å². The predicted molar refractivity (Wildman–Crippen MR) is 50.6 cm³/mol. The number of nitrogens with zero attached hydrogens (tertiary/aromatic N) is 1. The maximum absolute atomic E-state index is 11.2. The van der Waals surface area contributed by atoms with Crippen molar-refractivity contribution in [2.75, 3.05) is 14.1 Å². The fraction of sp³-hybridized carbons (Fsp3) is 0.500. The zero-order chi connectivity index (χ0) is 9.84. The Morgan fingerprint density at radius 1 is 1.62 bits per heavy atom. The Bertz CT molecular complexity index is 264. The van der Waals surface area contributed by atoms with E-state index in [1.54, 1.807) is 13.2 Å². The fourth-order valence-electron chi connectivity index (χ4n) is 1.31. The lowest BCUT2D eigenvalue weighted by Gasteiger charge is -2.20. The van der Waals surface area contributed by atoms with Crippen molar-refractivity contribution in [1.29, 1.82) is 0 Å². The lowest BCUT2D eigenvalue weighted by Crippen LogP contribution is -2.36. The number of carbonyl (C=O) groups excluding carboxylic acids is 1. The van der Waals surface area contributed by atoms with Gasteiger partial charge in [0.25, 0.3) is 0 Å². The van der Waals surface area contributed by atoms with Crippen molar-refractivity contribution in [3.63, 3.8) is 0 Å². The summed E-state index contributed by atoms with van der Waals surface area (Å²) in [6.45, 7) is 1.60. The molecule has 0 fully saturated rings. The first-order valence-electron chi connectivity index (χ1n) is 4.30. The van der Waals surface area contributed by atoms with Gasteiger partial charge in [-0.1, -0.05) is 0 Å². The molecule has 0 aliphatic heterocycles. The lowest BCUT2D eigenvalue weighted by atomic mass is 10.1. The smallest absolute Gasteiger partial charge is 0.147 e. The minimum absolute atomic E-state index is 0.0776. The summed E-state index contributed by atoms with van der Waals surface area (Å²) in [5.41, 5.74) is 0. The monoisotopic (exact) mass is 181 g/mol. The van der Waals surface area contributed by atoms with Gasteiger partial charge < -0.3 is 4.42 Å². The van der Waals surface area contributed by atoms with Gasteiger partial charge in [0, 0.05) is 6.42 Å². The van der Waals surface area contributed by atoms with Gasteiger partial charge in [0.2, 0.25) is 0 Å². The van der Waals surface area contributed by atoms with E-state index in [4.69, 9.17) is 4.42 Å². The largest absolute Gasteiger partial charge is 0.469 e. The van der Waals surface area contributed by atoms with Crippen LogP contribution in [0.2, 0.25) is 0 Å². The summed E-state index contributed by atoms with van der Waals surface area (Å²) in [4.78, 5) is 13.1. The van der Waals surface area contributed by atoms with Gasteiger partial charge in [-0.15, -0.1) is 0 Å². The number of hydrogen-bond acceptors (Lipinski definition) is 3. The highest BCUT2D eigenvalue weighted by Crippen LogP contribution is 2.08. The summed E-state index contributed by atoms with van der Waals surface area (Å²) in [5.74, 6) is 1.02. The zero-order valence-corrected chi connectivity index (χ0v) is 8.28. The van der Waals surface area contributed by atoms with Crippen LogP contribution in [0, 0.1) is 0 Å². The average Bonchev–Trinajstić information content (AvgIpc) is 2.50. The van der Waals surface area contributed by atoms with E-state index < -0.39 is 0 Å². The topological polar surface area (TPSA) is 33.5 Å². The van der Waals surface area contributed by atoms with Gasteiger partial charge in [0.1, 0.15) is 11.5 Å². The van der Waals surface area contributed by atoms with E-state index in [0.29, 0.717) is 6.42 Å². The van der Waals surface area contributed by atoms with Gasteiger partial charge in [-0.05, 0) is 33.2 Å². The molecule has 1 unspecified atom stereocenters. The molecule has 0 bridgehead atoms. The van der Waals surface area contributed by atoms with E-state index in [-0.39, 0.29) is 11.8 Å². The Kier molecular flexibility index (Phi) is 3.25. The highest BCUT2D eigenvalue weighted by atomic mass is 16.3. The molecule has 1 aromatic heterocycles. The highest BCUT2D eigenvalue weighted by Gasteiger charge is 2.17. The molecule has 0 saturated heterocycles. The number of likely N-dealkylation sites (N-methyl/N-ethyl adjacent to an activating group) is 1. The Morgan fingerprint density at radius 2 is 2.31 bits per heavy atom. The first kappa shape index (κ1) is 9.99. The van der Waals surface area contributed by atoms with Gasteiger partial charge in [0.15, 0.2) is 0 Å². The zero-order valence-electron chi connectivity index (χ0n) is 8.28. The standard InChI is InChI=1S/C10H15NO2/c1-8(12)10(11(2)3)7-9-5-4-6-13-9/h4-6,10H,7H2,1-3H3. The maximum Gasteiger partial charge on any atom is 0.147 e. The molecule has 1 heterocycles. The van der Waals surface area contributed by atoms with Crippen molar-refractivity contribution < 1.29 is 9.21 Å². The molecule has 13 heavy (non-hydrogen) atoms. The third-order valence-electron chi connectivity index (χ3n) is 2.07. The summed E-state index contributed by atoms with van der Waals surface area (Å²) in [6.07, 6.45) is 2.28. The van der Waals surface area contributed by atoms with E-state index >= 15 is 0 Å². The minimum atomic E-state index is -0.0776.